The van der Waals surface area contributed by atoms with Crippen molar-refractivity contribution in [1.29, 1.82) is 0 Å². The van der Waals surface area contributed by atoms with Gasteiger partial charge in [0, 0.05) is 0 Å². The van der Waals surface area contributed by atoms with Crippen molar-refractivity contribution in [3.8, 4) is 22.3 Å². The quantitative estimate of drug-likeness (QED) is 0.105. The first-order chi connectivity index (χ1) is 27.0. The molecule has 2 radical (unpaired) electrons. The molecule has 0 saturated heterocycles. The van der Waals surface area contributed by atoms with Crippen molar-refractivity contribution in [3.63, 3.8) is 0 Å². The van der Waals surface area contributed by atoms with Gasteiger partial charge in [-0.1, -0.05) is 195 Å². The standard InChI is InChI=1S/2C17H15.C12H10Si.2C4H9.Hf/c2*1-2-13-11-15-9-6-10-16(17(15)12-13)14-7-4-3-5-8-14;1-3-7-11(8-4-1)13-12-9-5-2-6-10-12;2*1-3-4-2;/h2*3-12H,2H2,1H3;1-10H;2*1,3-4H2,2H3;/q2*-1;;2*-1;+4. The Morgan fingerprint density at radius 1 is 0.429 bits per heavy atom. The van der Waals surface area contributed by atoms with E-state index in [1.165, 1.54) is 78.1 Å². The molecular formula is C54H58HfSi. The van der Waals surface area contributed by atoms with Crippen LogP contribution in [0.15, 0.2) is 182 Å². The van der Waals surface area contributed by atoms with Crippen molar-refractivity contribution < 1.29 is 25.8 Å². The fourth-order valence-electron chi connectivity index (χ4n) is 5.95. The Hall–Kier alpha value is -4.37. The summed E-state index contributed by atoms with van der Waals surface area (Å²) in [5.74, 6) is 0. The molecule has 282 valence electrons. The van der Waals surface area contributed by atoms with E-state index in [-0.39, 0.29) is 25.8 Å². The van der Waals surface area contributed by atoms with E-state index in [1.54, 1.807) is 0 Å². The summed E-state index contributed by atoms with van der Waals surface area (Å²) in [6.45, 7) is 15.9. The maximum Gasteiger partial charge on any atom is 4.00 e. The molecule has 0 atom stereocenters. The van der Waals surface area contributed by atoms with Gasteiger partial charge >= 0.3 is 25.8 Å². The van der Waals surface area contributed by atoms with Gasteiger partial charge in [0.05, 0.1) is 0 Å². The zero-order valence-electron chi connectivity index (χ0n) is 34.0. The van der Waals surface area contributed by atoms with Gasteiger partial charge in [0.15, 0.2) is 0 Å². The van der Waals surface area contributed by atoms with Crippen molar-refractivity contribution in [2.75, 3.05) is 0 Å². The Labute approximate surface area is 360 Å². The van der Waals surface area contributed by atoms with Gasteiger partial charge in [-0.05, 0) is 24.0 Å². The van der Waals surface area contributed by atoms with Crippen LogP contribution < -0.4 is 10.4 Å². The summed E-state index contributed by atoms with van der Waals surface area (Å²) in [5, 5.41) is 8.24. The number of hydrogen-bond acceptors (Lipinski definition) is 0. The molecule has 0 unspecified atom stereocenters. The number of unbranched alkanes of at least 4 members (excludes halogenated alkanes) is 2. The van der Waals surface area contributed by atoms with Crippen LogP contribution >= 0.6 is 0 Å². The summed E-state index contributed by atoms with van der Waals surface area (Å²) in [6, 6.07) is 64.7. The average molecular weight is 914 g/mol. The Bertz CT molecular complexity index is 2020. The summed E-state index contributed by atoms with van der Waals surface area (Å²) in [5.41, 5.74) is 8.11. The maximum atomic E-state index is 3.60. The molecule has 0 fully saturated rings. The van der Waals surface area contributed by atoms with Crippen LogP contribution in [-0.2, 0) is 38.7 Å². The van der Waals surface area contributed by atoms with Crippen molar-refractivity contribution in [2.24, 2.45) is 0 Å². The van der Waals surface area contributed by atoms with Crippen LogP contribution in [0.5, 0.6) is 0 Å². The topological polar surface area (TPSA) is 0 Å². The third-order valence-electron chi connectivity index (χ3n) is 9.15. The van der Waals surface area contributed by atoms with Gasteiger partial charge < -0.3 is 13.8 Å². The van der Waals surface area contributed by atoms with E-state index < -0.39 is 0 Å². The van der Waals surface area contributed by atoms with Crippen LogP contribution in [0.3, 0.4) is 0 Å². The molecule has 0 nitrogen and oxygen atoms in total. The zero-order chi connectivity index (χ0) is 39.1. The third kappa shape index (κ3) is 14.6. The fraction of sp³-hybridized carbons (Fsp3) is 0.185. The summed E-state index contributed by atoms with van der Waals surface area (Å²) in [6.07, 6.45) is 6.76. The van der Waals surface area contributed by atoms with Gasteiger partial charge in [-0.3, -0.25) is 0 Å². The molecule has 0 spiro atoms. The van der Waals surface area contributed by atoms with Gasteiger partial charge in [0.1, 0.15) is 9.52 Å². The first-order valence-corrected chi connectivity index (χ1v) is 21.0. The molecule has 0 aliphatic rings. The number of aryl methyl sites for hydroxylation is 2. The van der Waals surface area contributed by atoms with Crippen molar-refractivity contribution in [1.82, 2.24) is 0 Å². The van der Waals surface area contributed by atoms with E-state index in [9.17, 15) is 0 Å². The molecule has 0 N–H and O–H groups in total. The van der Waals surface area contributed by atoms with Crippen LogP contribution in [0.1, 0.15) is 64.5 Å². The minimum absolute atomic E-state index is 0. The van der Waals surface area contributed by atoms with Crippen molar-refractivity contribution >= 4 is 41.4 Å². The fourth-order valence-corrected chi connectivity index (χ4v) is 7.00. The minimum Gasteiger partial charge on any atom is -0.343 e. The summed E-state index contributed by atoms with van der Waals surface area (Å²) in [7, 11) is 0.777. The van der Waals surface area contributed by atoms with Gasteiger partial charge in [-0.15, -0.1) is 69.1 Å². The Balaban J connectivity index is 0.000000205. The van der Waals surface area contributed by atoms with E-state index in [0.717, 1.165) is 35.2 Å². The third-order valence-corrected chi connectivity index (χ3v) is 10.4. The maximum absolute atomic E-state index is 3.60. The first kappa shape index (κ1) is 46.0. The number of benzene rings is 6. The van der Waals surface area contributed by atoms with E-state index in [4.69, 9.17) is 0 Å². The van der Waals surface area contributed by atoms with E-state index in [0.29, 0.717) is 0 Å². The van der Waals surface area contributed by atoms with E-state index in [1.807, 2.05) is 0 Å². The van der Waals surface area contributed by atoms with E-state index in [2.05, 4.69) is 224 Å². The molecule has 0 amide bonds. The summed E-state index contributed by atoms with van der Waals surface area (Å²) in [4.78, 5) is 0. The summed E-state index contributed by atoms with van der Waals surface area (Å²) < 4.78 is 0. The molecule has 56 heavy (non-hydrogen) atoms. The zero-order valence-corrected chi connectivity index (χ0v) is 38.6. The monoisotopic (exact) mass is 914 g/mol. The second-order valence-corrected chi connectivity index (χ2v) is 14.8. The molecule has 8 rings (SSSR count). The molecule has 8 aromatic rings. The summed E-state index contributed by atoms with van der Waals surface area (Å²) >= 11 is 0. The number of hydrogen-bond donors (Lipinski definition) is 0. The molecule has 0 saturated carbocycles. The van der Waals surface area contributed by atoms with Crippen LogP contribution in [0.25, 0.3) is 43.8 Å². The van der Waals surface area contributed by atoms with Gasteiger partial charge in [-0.2, -0.15) is 25.0 Å². The number of fused-ring (bicyclic) bond motifs is 2. The number of rotatable bonds is 8. The van der Waals surface area contributed by atoms with Crippen LogP contribution in [0, 0.1) is 13.8 Å². The van der Waals surface area contributed by atoms with E-state index >= 15 is 0 Å². The largest absolute Gasteiger partial charge is 4.00 e. The van der Waals surface area contributed by atoms with Crippen LogP contribution in [0.4, 0.5) is 0 Å². The van der Waals surface area contributed by atoms with Crippen molar-refractivity contribution in [2.45, 2.75) is 66.2 Å². The Morgan fingerprint density at radius 2 is 0.750 bits per heavy atom. The second-order valence-electron chi connectivity index (χ2n) is 13.3. The predicted molar refractivity (Wildman–Crippen MR) is 247 cm³/mol. The minimum atomic E-state index is 0. The average Bonchev–Trinajstić information content (AvgIpc) is 3.90. The molecule has 0 heterocycles. The molecule has 0 aliphatic heterocycles. The predicted octanol–water partition coefficient (Wildman–Crippen LogP) is 14.2. The SMILES string of the molecule is CCc1cc2c(-c3ccccc3)cccc2[cH-]1.CCc1cc2c(-c3ccccc3)cccc2[cH-]1.[CH2-]CCC.[CH2-]CCC.[Hf+4].c1ccc([Si]c2ccccc2)cc1. The van der Waals surface area contributed by atoms with Gasteiger partial charge in [0.25, 0.3) is 0 Å². The van der Waals surface area contributed by atoms with Crippen molar-refractivity contribution in [3.05, 3.63) is 207 Å². The Morgan fingerprint density at radius 3 is 1.05 bits per heavy atom. The first-order valence-electron chi connectivity index (χ1n) is 20.0. The molecule has 0 aromatic heterocycles. The van der Waals surface area contributed by atoms with Crippen LogP contribution in [-0.4, -0.2) is 9.52 Å². The van der Waals surface area contributed by atoms with Gasteiger partial charge in [0.2, 0.25) is 0 Å². The molecular weight excluding hydrogens is 855 g/mol. The van der Waals surface area contributed by atoms with Gasteiger partial charge in [-0.25, -0.2) is 0 Å². The molecule has 0 aliphatic carbocycles. The second kappa shape index (κ2) is 26.5. The molecule has 8 aromatic carbocycles. The normalized spacial score (nSPS) is 9.96. The van der Waals surface area contributed by atoms with Crippen LogP contribution in [0.2, 0.25) is 0 Å². The molecule has 2 heteroatoms. The molecule has 0 bridgehead atoms. The Kier molecular flexibility index (Phi) is 21.8. The smallest absolute Gasteiger partial charge is 0.343 e.